The fourth-order valence-electron chi connectivity index (χ4n) is 1.71. The molecule has 1 aliphatic rings. The van der Waals surface area contributed by atoms with E-state index in [1.165, 1.54) is 13.1 Å². The first kappa shape index (κ1) is 12.0. The molecule has 0 aliphatic carbocycles. The normalized spacial score (nSPS) is 17.8. The van der Waals surface area contributed by atoms with Crippen molar-refractivity contribution in [1.82, 2.24) is 5.32 Å². The van der Waals surface area contributed by atoms with Crippen LogP contribution in [-0.4, -0.2) is 29.7 Å². The van der Waals surface area contributed by atoms with E-state index in [1.54, 1.807) is 18.2 Å². The Balaban J connectivity index is 2.25. The molecule has 0 fully saturated rings. The average molecular weight is 249 g/mol. The maximum atomic E-state index is 11.4. The average Bonchev–Trinajstić information content (AvgIpc) is 2.87. The summed E-state index contributed by atoms with van der Waals surface area (Å²) in [5.74, 6) is -0.299. The molecule has 0 saturated heterocycles. The van der Waals surface area contributed by atoms with Gasteiger partial charge in [0.05, 0.1) is 16.2 Å². The van der Waals surface area contributed by atoms with Crippen molar-refractivity contribution in [3.05, 3.63) is 39.9 Å². The Labute approximate surface area is 103 Å². The lowest BCUT2D eigenvalue weighted by molar-refractivity contribution is -0.385. The smallest absolute Gasteiger partial charge is 0.278 e. The lowest BCUT2D eigenvalue weighted by Crippen LogP contribution is -2.31. The van der Waals surface area contributed by atoms with Gasteiger partial charge >= 0.3 is 0 Å². The molecule has 7 nitrogen and oxygen atoms in total. The molecule has 1 N–H and O–H groups in total. The minimum Gasteiger partial charge on any atom is -0.382 e. The number of para-hydroxylation sites is 1. The van der Waals surface area contributed by atoms with Gasteiger partial charge in [0.1, 0.15) is 0 Å². The van der Waals surface area contributed by atoms with E-state index >= 15 is 0 Å². The van der Waals surface area contributed by atoms with Gasteiger partial charge in [0.2, 0.25) is 6.10 Å². The summed E-state index contributed by atoms with van der Waals surface area (Å²) < 4.78 is 0. The number of rotatable bonds is 3. The van der Waals surface area contributed by atoms with Crippen LogP contribution in [0.25, 0.3) is 0 Å². The molecule has 7 heteroatoms. The number of oxime groups is 1. The minimum atomic E-state index is -0.718. The summed E-state index contributed by atoms with van der Waals surface area (Å²) in [7, 11) is 1.49. The third-order valence-corrected chi connectivity index (χ3v) is 2.62. The van der Waals surface area contributed by atoms with Gasteiger partial charge in [-0.15, -0.1) is 0 Å². The molecule has 1 atom stereocenters. The number of hydrogen-bond donors (Lipinski definition) is 1. The van der Waals surface area contributed by atoms with Crippen molar-refractivity contribution in [3.63, 3.8) is 0 Å². The van der Waals surface area contributed by atoms with Gasteiger partial charge in [0, 0.05) is 19.5 Å². The molecule has 2 rings (SSSR count). The Morgan fingerprint density at radius 2 is 2.28 bits per heavy atom. The molecule has 0 radical (unpaired) electrons. The first-order chi connectivity index (χ1) is 8.63. The minimum absolute atomic E-state index is 0.0441. The molecule has 0 saturated carbocycles. The number of nitro groups is 1. The number of benzene rings is 1. The number of nitro benzene ring substituents is 1. The monoisotopic (exact) mass is 249 g/mol. The maximum absolute atomic E-state index is 11.4. The quantitative estimate of drug-likeness (QED) is 0.634. The van der Waals surface area contributed by atoms with Crippen LogP contribution in [0.1, 0.15) is 12.0 Å². The molecule has 0 bridgehead atoms. The van der Waals surface area contributed by atoms with Crippen molar-refractivity contribution >= 4 is 17.3 Å². The van der Waals surface area contributed by atoms with Crippen molar-refractivity contribution < 1.29 is 14.6 Å². The van der Waals surface area contributed by atoms with Crippen LogP contribution in [0.15, 0.2) is 29.4 Å². The predicted molar refractivity (Wildman–Crippen MR) is 63.2 cm³/mol. The zero-order valence-electron chi connectivity index (χ0n) is 9.62. The Morgan fingerprint density at radius 1 is 1.56 bits per heavy atom. The van der Waals surface area contributed by atoms with Crippen LogP contribution < -0.4 is 5.32 Å². The van der Waals surface area contributed by atoms with Crippen molar-refractivity contribution in [2.45, 2.75) is 12.5 Å². The molecule has 1 aliphatic heterocycles. The van der Waals surface area contributed by atoms with E-state index in [-0.39, 0.29) is 18.0 Å². The Morgan fingerprint density at radius 3 is 2.94 bits per heavy atom. The lowest BCUT2D eigenvalue weighted by atomic mass is 10.0. The number of likely N-dealkylation sites (N-methyl/N-ethyl adjacent to an activating group) is 1. The number of nitrogens with zero attached hydrogens (tertiary/aromatic N) is 2. The van der Waals surface area contributed by atoms with E-state index < -0.39 is 11.0 Å². The lowest BCUT2D eigenvalue weighted by Gasteiger charge is -2.05. The summed E-state index contributed by atoms with van der Waals surface area (Å²) in [6.45, 7) is 0. The maximum Gasteiger partial charge on any atom is 0.278 e. The zero-order valence-corrected chi connectivity index (χ0v) is 9.62. The summed E-state index contributed by atoms with van der Waals surface area (Å²) in [5.41, 5.74) is 0.752. The highest BCUT2D eigenvalue weighted by Crippen LogP contribution is 2.24. The van der Waals surface area contributed by atoms with Crippen LogP contribution in [0, 0.1) is 10.1 Å². The summed E-state index contributed by atoms with van der Waals surface area (Å²) in [4.78, 5) is 26.7. The van der Waals surface area contributed by atoms with Gasteiger partial charge in [0.25, 0.3) is 11.6 Å². The molecular formula is C11H11N3O4. The summed E-state index contributed by atoms with van der Waals surface area (Å²) in [6, 6.07) is 6.24. The van der Waals surface area contributed by atoms with Crippen molar-refractivity contribution in [2.24, 2.45) is 5.16 Å². The standard InChI is InChI=1S/C11H11N3O4/c1-12-11(15)10-6-8(13-18-10)7-4-2-3-5-9(7)14(16)17/h2-5,10H,6H2,1H3,(H,12,15)/t10-/m1/s1. The molecule has 1 heterocycles. The second-order valence-electron chi connectivity index (χ2n) is 3.72. The fourth-order valence-corrected chi connectivity index (χ4v) is 1.71. The van der Waals surface area contributed by atoms with E-state index in [4.69, 9.17) is 4.84 Å². The van der Waals surface area contributed by atoms with Crippen LogP contribution in [0.2, 0.25) is 0 Å². The molecule has 18 heavy (non-hydrogen) atoms. The number of carbonyl (C=O) groups excluding carboxylic acids is 1. The molecule has 1 aromatic carbocycles. The van der Waals surface area contributed by atoms with E-state index in [0.717, 1.165) is 0 Å². The number of amides is 1. The van der Waals surface area contributed by atoms with Gasteiger partial charge in [-0.2, -0.15) is 0 Å². The summed E-state index contributed by atoms with van der Waals surface area (Å²) in [5, 5.41) is 17.1. The van der Waals surface area contributed by atoms with Gasteiger partial charge in [-0.05, 0) is 6.07 Å². The molecule has 1 aromatic rings. The van der Waals surface area contributed by atoms with Gasteiger partial charge in [-0.3, -0.25) is 14.9 Å². The molecule has 1 amide bonds. The van der Waals surface area contributed by atoms with Crippen LogP contribution in [-0.2, 0) is 9.63 Å². The third-order valence-electron chi connectivity index (χ3n) is 2.62. The SMILES string of the molecule is CNC(=O)[C@H]1CC(c2ccccc2[N+](=O)[O-])=NO1. The first-order valence-electron chi connectivity index (χ1n) is 5.31. The van der Waals surface area contributed by atoms with E-state index in [9.17, 15) is 14.9 Å². The predicted octanol–water partition coefficient (Wildman–Crippen LogP) is 0.834. The number of nitrogens with one attached hydrogen (secondary N) is 1. The number of carbonyl (C=O) groups is 1. The molecule has 94 valence electrons. The van der Waals surface area contributed by atoms with Crippen LogP contribution in [0.3, 0.4) is 0 Å². The van der Waals surface area contributed by atoms with Crippen LogP contribution in [0.5, 0.6) is 0 Å². The zero-order chi connectivity index (χ0) is 13.1. The molecule has 0 unspecified atom stereocenters. The van der Waals surface area contributed by atoms with E-state index in [2.05, 4.69) is 10.5 Å². The van der Waals surface area contributed by atoms with Crippen molar-refractivity contribution in [3.8, 4) is 0 Å². The second kappa shape index (κ2) is 4.82. The Bertz CT molecular complexity index is 527. The highest BCUT2D eigenvalue weighted by molar-refractivity contribution is 6.06. The first-order valence-corrected chi connectivity index (χ1v) is 5.31. The summed E-state index contributed by atoms with van der Waals surface area (Å²) in [6.07, 6.45) is -0.491. The van der Waals surface area contributed by atoms with Crippen molar-refractivity contribution in [2.75, 3.05) is 7.05 Å². The Kier molecular flexibility index (Phi) is 3.22. The highest BCUT2D eigenvalue weighted by atomic mass is 16.6. The van der Waals surface area contributed by atoms with E-state index in [1.807, 2.05) is 0 Å². The second-order valence-corrected chi connectivity index (χ2v) is 3.72. The van der Waals surface area contributed by atoms with Gasteiger partial charge in [-0.1, -0.05) is 17.3 Å². The number of hydrogen-bond acceptors (Lipinski definition) is 5. The van der Waals surface area contributed by atoms with Gasteiger partial charge in [-0.25, -0.2) is 0 Å². The highest BCUT2D eigenvalue weighted by Gasteiger charge is 2.30. The summed E-state index contributed by atoms with van der Waals surface area (Å²) >= 11 is 0. The molecule has 0 spiro atoms. The van der Waals surface area contributed by atoms with Gasteiger partial charge in [0.15, 0.2) is 0 Å². The molecule has 0 aromatic heterocycles. The topological polar surface area (TPSA) is 93.8 Å². The van der Waals surface area contributed by atoms with Crippen molar-refractivity contribution in [1.29, 1.82) is 0 Å². The van der Waals surface area contributed by atoms with E-state index in [0.29, 0.717) is 11.3 Å². The van der Waals surface area contributed by atoms with Crippen LogP contribution >= 0.6 is 0 Å². The van der Waals surface area contributed by atoms with Gasteiger partial charge < -0.3 is 10.2 Å². The van der Waals surface area contributed by atoms with Crippen LogP contribution in [0.4, 0.5) is 5.69 Å². The Hall–Kier alpha value is -2.44. The third kappa shape index (κ3) is 2.15. The largest absolute Gasteiger partial charge is 0.382 e. The fraction of sp³-hybridized carbons (Fsp3) is 0.273. The molecular weight excluding hydrogens is 238 g/mol.